The van der Waals surface area contributed by atoms with E-state index in [0.717, 1.165) is 30.7 Å². The number of pyridine rings is 1. The van der Waals surface area contributed by atoms with E-state index in [-0.39, 0.29) is 22.3 Å². The summed E-state index contributed by atoms with van der Waals surface area (Å²) in [6.07, 6.45) is -0.655. The van der Waals surface area contributed by atoms with Crippen molar-refractivity contribution in [2.24, 2.45) is 5.92 Å². The van der Waals surface area contributed by atoms with Gasteiger partial charge in [-0.3, -0.25) is 9.78 Å². The zero-order valence-electron chi connectivity index (χ0n) is 17.7. The first-order chi connectivity index (χ1) is 16.3. The average Bonchev–Trinajstić information content (AvgIpc) is 3.14. The van der Waals surface area contributed by atoms with Crippen molar-refractivity contribution in [3.8, 4) is 11.5 Å². The number of halogens is 4. The maximum Gasteiger partial charge on any atom is 0.434 e. The van der Waals surface area contributed by atoms with Crippen molar-refractivity contribution in [2.75, 3.05) is 13.2 Å². The second-order valence-corrected chi connectivity index (χ2v) is 8.85. The van der Waals surface area contributed by atoms with Crippen LogP contribution >= 0.6 is 0 Å². The number of nitrogens with zero attached hydrogens (tertiary/aromatic N) is 2. The van der Waals surface area contributed by atoms with Gasteiger partial charge in [0.25, 0.3) is 0 Å². The molecular formula is C24H18F4N4O2. The Bertz CT molecular complexity index is 1440. The van der Waals surface area contributed by atoms with E-state index in [9.17, 15) is 22.4 Å². The molecule has 4 aromatic rings. The third-order valence-corrected chi connectivity index (χ3v) is 6.88. The summed E-state index contributed by atoms with van der Waals surface area (Å²) < 4.78 is 60.3. The molecule has 3 aromatic heterocycles. The van der Waals surface area contributed by atoms with Crippen LogP contribution in [0.4, 0.5) is 17.6 Å². The first-order valence-corrected chi connectivity index (χ1v) is 10.8. The minimum absolute atomic E-state index is 0.0111. The number of hydrogen-bond donors (Lipinski definition) is 2. The second-order valence-electron chi connectivity index (χ2n) is 8.85. The third kappa shape index (κ3) is 3.24. The first kappa shape index (κ1) is 21.0. The van der Waals surface area contributed by atoms with Crippen molar-refractivity contribution >= 4 is 16.8 Å². The lowest BCUT2D eigenvalue weighted by Crippen LogP contribution is -2.21. The Morgan fingerprint density at radius 3 is 2.88 bits per heavy atom. The van der Waals surface area contributed by atoms with Gasteiger partial charge >= 0.3 is 6.18 Å². The Kier molecular flexibility index (Phi) is 4.47. The quantitative estimate of drug-likeness (QED) is 0.324. The minimum atomic E-state index is -4.76. The standard InChI is InChI=1S/C24H18F4N4O2/c25-16-7-13(23-3-5-34-11-14(23)9-23)8-17-19(16)32-22(31-17)18-6-12(10-30-18)20(33)15-2-1-4-29-21(15)24(26,27)28/h1-2,4,6-8,10,14,30H,3,5,9,11H2,(H,31,32)/t14-,23-/m0/s1. The van der Waals surface area contributed by atoms with Gasteiger partial charge in [-0.05, 0) is 54.7 Å². The van der Waals surface area contributed by atoms with Gasteiger partial charge in [-0.2, -0.15) is 13.2 Å². The lowest BCUT2D eigenvalue weighted by Gasteiger charge is -2.22. The molecule has 4 heterocycles. The van der Waals surface area contributed by atoms with Gasteiger partial charge in [0.05, 0.1) is 23.4 Å². The van der Waals surface area contributed by atoms with Crippen LogP contribution in [0, 0.1) is 11.7 Å². The SMILES string of the molecule is O=C(c1c[nH]c(-c2nc3c(F)cc([C@@]45CCOC[C@@H]4C5)cc3[nH]2)c1)c1cccnc1C(F)(F)F. The van der Waals surface area contributed by atoms with Crippen LogP contribution in [0.2, 0.25) is 0 Å². The van der Waals surface area contributed by atoms with Crippen LogP contribution in [-0.4, -0.2) is 38.9 Å². The molecule has 10 heteroatoms. The molecule has 1 saturated carbocycles. The molecule has 2 N–H and O–H groups in total. The number of alkyl halides is 3. The molecule has 1 aliphatic carbocycles. The maximum atomic E-state index is 14.9. The molecule has 1 aliphatic heterocycles. The van der Waals surface area contributed by atoms with Gasteiger partial charge in [0.2, 0.25) is 0 Å². The summed E-state index contributed by atoms with van der Waals surface area (Å²) in [6.45, 7) is 1.33. The number of aromatic nitrogens is 4. The van der Waals surface area contributed by atoms with Gasteiger partial charge in [0.1, 0.15) is 5.52 Å². The van der Waals surface area contributed by atoms with Crippen LogP contribution in [0.15, 0.2) is 42.7 Å². The molecule has 6 nitrogen and oxygen atoms in total. The Labute approximate surface area is 190 Å². The van der Waals surface area contributed by atoms with Crippen molar-refractivity contribution in [3.63, 3.8) is 0 Å². The Hall–Kier alpha value is -3.53. The zero-order valence-corrected chi connectivity index (χ0v) is 17.7. The fourth-order valence-corrected chi connectivity index (χ4v) is 5.01. The molecule has 0 unspecified atom stereocenters. The van der Waals surface area contributed by atoms with Crippen molar-refractivity contribution in [3.05, 3.63) is 70.9 Å². The summed E-state index contributed by atoms with van der Waals surface area (Å²) in [5.41, 5.74) is 0.120. The second kappa shape index (κ2) is 7.23. The number of ether oxygens (including phenoxy) is 1. The van der Waals surface area contributed by atoms with E-state index in [1.54, 1.807) is 0 Å². The zero-order chi connectivity index (χ0) is 23.7. The third-order valence-electron chi connectivity index (χ3n) is 6.88. The van der Waals surface area contributed by atoms with Gasteiger partial charge in [0, 0.05) is 30.0 Å². The summed E-state index contributed by atoms with van der Waals surface area (Å²) in [5.74, 6) is -0.601. The molecule has 0 radical (unpaired) electrons. The van der Waals surface area contributed by atoms with Crippen molar-refractivity contribution in [1.29, 1.82) is 0 Å². The Morgan fingerprint density at radius 1 is 1.24 bits per heavy atom. The number of benzene rings is 1. The van der Waals surface area contributed by atoms with Crippen LogP contribution in [0.25, 0.3) is 22.6 Å². The van der Waals surface area contributed by atoms with E-state index >= 15 is 0 Å². The van der Waals surface area contributed by atoms with E-state index in [1.807, 2.05) is 6.07 Å². The normalized spacial score (nSPS) is 22.1. The average molecular weight is 470 g/mol. The van der Waals surface area contributed by atoms with Crippen molar-refractivity contribution in [1.82, 2.24) is 19.9 Å². The summed E-state index contributed by atoms with van der Waals surface area (Å²) in [4.78, 5) is 26.4. The smallest absolute Gasteiger partial charge is 0.381 e. The van der Waals surface area contributed by atoms with Crippen molar-refractivity contribution < 1.29 is 27.1 Å². The number of ketones is 1. The molecule has 2 aliphatic rings. The fraction of sp³-hybridized carbons (Fsp3) is 0.292. The predicted molar refractivity (Wildman–Crippen MR) is 114 cm³/mol. The Balaban J connectivity index is 1.34. The molecule has 34 heavy (non-hydrogen) atoms. The van der Waals surface area contributed by atoms with E-state index in [2.05, 4.69) is 19.9 Å². The number of nitrogens with one attached hydrogen (secondary N) is 2. The number of imidazole rings is 1. The molecule has 2 atom stereocenters. The van der Waals surface area contributed by atoms with Gasteiger partial charge in [-0.25, -0.2) is 9.37 Å². The number of H-pyrrole nitrogens is 2. The highest BCUT2D eigenvalue weighted by molar-refractivity contribution is 6.10. The number of aromatic amines is 2. The summed E-state index contributed by atoms with van der Waals surface area (Å²) in [5, 5.41) is 0. The molecule has 2 fully saturated rings. The molecule has 6 rings (SSSR count). The first-order valence-electron chi connectivity index (χ1n) is 10.8. The number of carbonyl (C=O) groups is 1. The number of fused-ring (bicyclic) bond motifs is 2. The molecule has 174 valence electrons. The van der Waals surface area contributed by atoms with Crippen molar-refractivity contribution in [2.45, 2.75) is 24.4 Å². The van der Waals surface area contributed by atoms with Crippen LogP contribution in [0.1, 0.15) is 40.0 Å². The highest BCUT2D eigenvalue weighted by Crippen LogP contribution is 2.59. The summed E-state index contributed by atoms with van der Waals surface area (Å²) in [6, 6.07) is 7.19. The molecule has 0 bridgehead atoms. The van der Waals surface area contributed by atoms with Crippen LogP contribution in [0.5, 0.6) is 0 Å². The molecule has 0 amide bonds. The highest BCUT2D eigenvalue weighted by Gasteiger charge is 2.56. The van der Waals surface area contributed by atoms with Gasteiger partial charge in [-0.15, -0.1) is 0 Å². The van der Waals surface area contributed by atoms with E-state index in [1.165, 1.54) is 24.4 Å². The summed E-state index contributed by atoms with van der Waals surface area (Å²) >= 11 is 0. The van der Waals surface area contributed by atoms with E-state index < -0.39 is 29.0 Å². The van der Waals surface area contributed by atoms with Gasteiger partial charge in [0.15, 0.2) is 23.1 Å². The predicted octanol–water partition coefficient (Wildman–Crippen LogP) is 5.02. The molecule has 1 saturated heterocycles. The Morgan fingerprint density at radius 2 is 2.09 bits per heavy atom. The molecular weight excluding hydrogens is 452 g/mol. The monoisotopic (exact) mass is 470 g/mol. The molecule has 1 aromatic carbocycles. The highest BCUT2D eigenvalue weighted by atomic mass is 19.4. The van der Waals surface area contributed by atoms with E-state index in [0.29, 0.717) is 30.3 Å². The van der Waals surface area contributed by atoms with Crippen LogP contribution in [-0.2, 0) is 16.3 Å². The van der Waals surface area contributed by atoms with Gasteiger partial charge in [-0.1, -0.05) is 0 Å². The van der Waals surface area contributed by atoms with E-state index in [4.69, 9.17) is 4.74 Å². The van der Waals surface area contributed by atoms with Gasteiger partial charge < -0.3 is 14.7 Å². The largest absolute Gasteiger partial charge is 0.434 e. The topological polar surface area (TPSA) is 83.7 Å². The number of carbonyl (C=O) groups excluding carboxylic acids is 1. The lowest BCUT2D eigenvalue weighted by atomic mass is 9.89. The van der Waals surface area contributed by atoms with Crippen LogP contribution < -0.4 is 0 Å². The van der Waals surface area contributed by atoms with Crippen LogP contribution in [0.3, 0.4) is 0 Å². The fourth-order valence-electron chi connectivity index (χ4n) is 5.01. The summed E-state index contributed by atoms with van der Waals surface area (Å²) in [7, 11) is 0. The number of rotatable bonds is 4. The molecule has 0 spiro atoms. The lowest BCUT2D eigenvalue weighted by molar-refractivity contribution is -0.141. The minimum Gasteiger partial charge on any atom is -0.381 e. The number of hydrogen-bond acceptors (Lipinski definition) is 4. The maximum absolute atomic E-state index is 14.9.